The topological polar surface area (TPSA) is 27.7 Å². The first-order chi connectivity index (χ1) is 10.7. The van der Waals surface area contributed by atoms with Gasteiger partial charge < -0.3 is 14.2 Å². The third kappa shape index (κ3) is 1.97. The molecule has 1 aliphatic heterocycles. The first-order valence-corrected chi connectivity index (χ1v) is 8.02. The Morgan fingerprint density at radius 2 is 2.18 bits per heavy atom. The van der Waals surface area contributed by atoms with Crippen molar-refractivity contribution in [2.24, 2.45) is 5.41 Å². The largest absolute Gasteiger partial charge is 0.497 e. The quantitative estimate of drug-likeness (QED) is 0.781. The summed E-state index contributed by atoms with van der Waals surface area (Å²) in [4.78, 5) is 0. The van der Waals surface area contributed by atoms with Crippen molar-refractivity contribution < 1.29 is 14.2 Å². The van der Waals surface area contributed by atoms with Crippen molar-refractivity contribution in [2.75, 3.05) is 20.3 Å². The number of fused-ring (bicyclic) bond motifs is 3. The van der Waals surface area contributed by atoms with Crippen molar-refractivity contribution in [1.82, 2.24) is 0 Å². The first kappa shape index (κ1) is 14.1. The van der Waals surface area contributed by atoms with Gasteiger partial charge in [0, 0.05) is 18.3 Å². The van der Waals surface area contributed by atoms with Gasteiger partial charge in [0.15, 0.2) is 5.79 Å². The Labute approximate surface area is 131 Å². The molecule has 0 bridgehead atoms. The van der Waals surface area contributed by atoms with E-state index in [1.54, 1.807) is 7.11 Å². The van der Waals surface area contributed by atoms with Crippen LogP contribution in [0.3, 0.4) is 0 Å². The van der Waals surface area contributed by atoms with Gasteiger partial charge in [0.25, 0.3) is 0 Å². The number of hydrogen-bond acceptors (Lipinski definition) is 3. The summed E-state index contributed by atoms with van der Waals surface area (Å²) in [6.07, 6.45) is 6.09. The van der Waals surface area contributed by atoms with Crippen LogP contribution in [0.5, 0.6) is 5.75 Å². The molecule has 1 spiro atoms. The minimum atomic E-state index is -0.393. The summed E-state index contributed by atoms with van der Waals surface area (Å²) in [6, 6.07) is 6.47. The lowest BCUT2D eigenvalue weighted by Crippen LogP contribution is -2.44. The average molecular weight is 298 g/mol. The molecule has 1 aromatic rings. The summed E-state index contributed by atoms with van der Waals surface area (Å²) in [5.41, 5.74) is 5.89. The highest BCUT2D eigenvalue weighted by molar-refractivity contribution is 5.46. The van der Waals surface area contributed by atoms with Crippen molar-refractivity contribution >= 4 is 0 Å². The Balaban J connectivity index is 1.75. The number of rotatable bonds is 2. The summed E-state index contributed by atoms with van der Waals surface area (Å²) < 4.78 is 17.4. The first-order valence-electron chi connectivity index (χ1n) is 8.02. The van der Waals surface area contributed by atoms with E-state index in [2.05, 4.69) is 36.6 Å². The number of hydrogen-bond donors (Lipinski definition) is 0. The Kier molecular flexibility index (Phi) is 3.19. The number of allylic oxidation sites excluding steroid dienone is 1. The SMILES string of the molecule is C=C=C[C@@]12Cc3cc(OC)ccc3[C@@H]1CCC1(C2)OCCO1. The van der Waals surface area contributed by atoms with Crippen LogP contribution in [0.15, 0.2) is 36.6 Å². The molecule has 2 fully saturated rings. The molecule has 3 nitrogen and oxygen atoms in total. The summed E-state index contributed by atoms with van der Waals surface area (Å²) >= 11 is 0. The van der Waals surface area contributed by atoms with Gasteiger partial charge in [-0.2, -0.15) is 0 Å². The lowest BCUT2D eigenvalue weighted by Gasteiger charge is -2.45. The van der Waals surface area contributed by atoms with Gasteiger partial charge in [-0.15, -0.1) is 5.73 Å². The zero-order chi connectivity index (χ0) is 15.2. The van der Waals surface area contributed by atoms with E-state index in [1.165, 1.54) is 11.1 Å². The smallest absolute Gasteiger partial charge is 0.169 e. The van der Waals surface area contributed by atoms with Crippen LogP contribution in [0.2, 0.25) is 0 Å². The van der Waals surface area contributed by atoms with Crippen molar-refractivity contribution in [3.8, 4) is 5.75 Å². The zero-order valence-corrected chi connectivity index (χ0v) is 13.1. The van der Waals surface area contributed by atoms with Crippen LogP contribution >= 0.6 is 0 Å². The molecule has 1 heterocycles. The normalized spacial score (nSPS) is 31.4. The van der Waals surface area contributed by atoms with Crippen molar-refractivity contribution in [1.29, 1.82) is 0 Å². The van der Waals surface area contributed by atoms with Crippen molar-refractivity contribution in [3.63, 3.8) is 0 Å². The molecule has 2 aliphatic carbocycles. The lowest BCUT2D eigenvalue weighted by atomic mass is 9.64. The standard InChI is InChI=1S/C19H22O3/c1-3-7-18-12-14-11-15(20-2)4-5-16(14)17(18)6-8-19(13-18)21-9-10-22-19/h4-5,7,11,17H,1,6,8-10,12-13H2,2H3/t17-,18-/m0/s1. The molecule has 116 valence electrons. The van der Waals surface area contributed by atoms with Crippen molar-refractivity contribution in [2.45, 2.75) is 37.4 Å². The highest BCUT2D eigenvalue weighted by Gasteiger charge is 2.55. The molecule has 0 aromatic heterocycles. The van der Waals surface area contributed by atoms with Crippen LogP contribution in [0.4, 0.5) is 0 Å². The molecule has 4 rings (SSSR count). The van der Waals surface area contributed by atoms with Crippen LogP contribution in [0, 0.1) is 5.41 Å². The van der Waals surface area contributed by atoms with Gasteiger partial charge in [-0.05, 0) is 48.1 Å². The fourth-order valence-corrected chi connectivity index (χ4v) is 4.72. The molecular weight excluding hydrogens is 276 g/mol. The molecule has 1 aromatic carbocycles. The van der Waals surface area contributed by atoms with E-state index in [4.69, 9.17) is 14.2 Å². The Bertz CT molecular complexity index is 638. The molecule has 0 N–H and O–H groups in total. The molecule has 3 aliphatic rings. The van der Waals surface area contributed by atoms with E-state index in [9.17, 15) is 0 Å². The van der Waals surface area contributed by atoms with E-state index in [1.807, 2.05) is 0 Å². The van der Waals surface area contributed by atoms with E-state index in [0.29, 0.717) is 19.1 Å². The number of ether oxygens (including phenoxy) is 3. The maximum absolute atomic E-state index is 5.99. The zero-order valence-electron chi connectivity index (χ0n) is 13.1. The monoisotopic (exact) mass is 298 g/mol. The van der Waals surface area contributed by atoms with Gasteiger partial charge >= 0.3 is 0 Å². The molecule has 0 radical (unpaired) electrons. The van der Waals surface area contributed by atoms with Gasteiger partial charge in [-0.1, -0.05) is 12.6 Å². The minimum Gasteiger partial charge on any atom is -0.497 e. The third-order valence-corrected chi connectivity index (χ3v) is 5.55. The highest BCUT2D eigenvalue weighted by atomic mass is 16.7. The summed E-state index contributed by atoms with van der Waals surface area (Å²) in [7, 11) is 1.72. The predicted octanol–water partition coefficient (Wildman–Crippen LogP) is 3.59. The average Bonchev–Trinajstić information content (AvgIpc) is 3.08. The predicted molar refractivity (Wildman–Crippen MR) is 84.1 cm³/mol. The van der Waals surface area contributed by atoms with E-state index >= 15 is 0 Å². The highest BCUT2D eigenvalue weighted by Crippen LogP contribution is 2.60. The van der Waals surface area contributed by atoms with Gasteiger partial charge in [-0.3, -0.25) is 0 Å². The van der Waals surface area contributed by atoms with Crippen LogP contribution in [-0.4, -0.2) is 26.1 Å². The molecule has 2 atom stereocenters. The fourth-order valence-electron chi connectivity index (χ4n) is 4.72. The van der Waals surface area contributed by atoms with Crippen molar-refractivity contribution in [3.05, 3.63) is 47.7 Å². The van der Waals surface area contributed by atoms with Gasteiger partial charge in [0.2, 0.25) is 0 Å². The summed E-state index contributed by atoms with van der Waals surface area (Å²) in [5.74, 6) is 1.04. The minimum absolute atomic E-state index is 0.0129. The molecular formula is C19H22O3. The molecule has 0 unspecified atom stereocenters. The lowest BCUT2D eigenvalue weighted by molar-refractivity contribution is -0.198. The second kappa shape index (κ2) is 4.99. The summed E-state index contributed by atoms with van der Waals surface area (Å²) in [5, 5.41) is 0. The van der Waals surface area contributed by atoms with Crippen LogP contribution in [-0.2, 0) is 15.9 Å². The van der Waals surface area contributed by atoms with E-state index in [-0.39, 0.29) is 5.41 Å². The van der Waals surface area contributed by atoms with Gasteiger partial charge in [0.1, 0.15) is 5.75 Å². The number of benzene rings is 1. The molecule has 0 amide bonds. The van der Waals surface area contributed by atoms with Crippen LogP contribution < -0.4 is 4.74 Å². The molecule has 22 heavy (non-hydrogen) atoms. The second-order valence-electron chi connectivity index (χ2n) is 6.70. The van der Waals surface area contributed by atoms with E-state index in [0.717, 1.165) is 31.4 Å². The fraction of sp³-hybridized carbons (Fsp3) is 0.526. The molecule has 1 saturated heterocycles. The third-order valence-electron chi connectivity index (χ3n) is 5.55. The molecule has 1 saturated carbocycles. The summed E-state index contributed by atoms with van der Waals surface area (Å²) in [6.45, 7) is 5.25. The van der Waals surface area contributed by atoms with Gasteiger partial charge in [0.05, 0.1) is 20.3 Å². The van der Waals surface area contributed by atoms with Crippen LogP contribution in [0.1, 0.15) is 36.3 Å². The Morgan fingerprint density at radius 1 is 1.36 bits per heavy atom. The molecule has 3 heteroatoms. The Hall–Kier alpha value is -1.54. The van der Waals surface area contributed by atoms with E-state index < -0.39 is 5.79 Å². The maximum Gasteiger partial charge on any atom is 0.169 e. The van der Waals surface area contributed by atoms with Crippen LogP contribution in [0.25, 0.3) is 0 Å². The second-order valence-corrected chi connectivity index (χ2v) is 6.70. The maximum atomic E-state index is 5.99. The van der Waals surface area contributed by atoms with Gasteiger partial charge in [-0.25, -0.2) is 0 Å². The number of methoxy groups -OCH3 is 1. The Morgan fingerprint density at radius 3 is 2.91 bits per heavy atom.